The molecule has 3 rings (SSSR count). The molecule has 0 aliphatic carbocycles. The van der Waals surface area contributed by atoms with Gasteiger partial charge in [0.1, 0.15) is 5.76 Å². The number of sulfonamides is 1. The third kappa shape index (κ3) is 5.08. The van der Waals surface area contributed by atoms with E-state index in [0.29, 0.717) is 25.1 Å². The molecule has 1 amide bonds. The number of nitrogens with one attached hydrogen (secondary N) is 1. The SMILES string of the molecule is CCC(C)NS(=O)(=O)c1ccc(C(=O)N2CCN(Cc3c(C)noc3C)CC2)cc1. The van der Waals surface area contributed by atoms with Crippen molar-refractivity contribution in [3.05, 3.63) is 46.8 Å². The molecule has 0 radical (unpaired) electrons. The maximum Gasteiger partial charge on any atom is 0.253 e. The van der Waals surface area contributed by atoms with Gasteiger partial charge in [-0.05, 0) is 51.5 Å². The van der Waals surface area contributed by atoms with Gasteiger partial charge in [0.25, 0.3) is 5.91 Å². The second-order valence-corrected chi connectivity index (χ2v) is 9.54. The van der Waals surface area contributed by atoms with Gasteiger partial charge in [-0.15, -0.1) is 0 Å². The van der Waals surface area contributed by atoms with Crippen LogP contribution in [-0.2, 0) is 16.6 Å². The quantitative estimate of drug-likeness (QED) is 0.719. The molecule has 8 nitrogen and oxygen atoms in total. The Kier molecular flexibility index (Phi) is 6.95. The van der Waals surface area contributed by atoms with E-state index in [-0.39, 0.29) is 16.8 Å². The molecule has 1 atom stereocenters. The second kappa shape index (κ2) is 9.28. The number of carbonyl (C=O) groups is 1. The van der Waals surface area contributed by atoms with Crippen molar-refractivity contribution in [1.82, 2.24) is 19.7 Å². The van der Waals surface area contributed by atoms with Crippen molar-refractivity contribution < 1.29 is 17.7 Å². The smallest absolute Gasteiger partial charge is 0.253 e. The molecule has 2 aromatic rings. The predicted octanol–water partition coefficient (Wildman–Crippen LogP) is 2.33. The van der Waals surface area contributed by atoms with Crippen LogP contribution in [0.2, 0.25) is 0 Å². The Hall–Kier alpha value is -2.23. The van der Waals surface area contributed by atoms with Crippen LogP contribution < -0.4 is 4.72 Å². The van der Waals surface area contributed by atoms with Gasteiger partial charge >= 0.3 is 0 Å². The van der Waals surface area contributed by atoms with Gasteiger partial charge in [-0.25, -0.2) is 13.1 Å². The zero-order chi connectivity index (χ0) is 21.9. The first-order valence-corrected chi connectivity index (χ1v) is 11.8. The van der Waals surface area contributed by atoms with E-state index in [1.807, 2.05) is 32.6 Å². The van der Waals surface area contributed by atoms with Crippen LogP contribution in [0.4, 0.5) is 0 Å². The van der Waals surface area contributed by atoms with Gasteiger partial charge in [-0.2, -0.15) is 0 Å². The minimum absolute atomic E-state index is 0.0779. The Morgan fingerprint density at radius 2 is 1.80 bits per heavy atom. The lowest BCUT2D eigenvalue weighted by atomic mass is 10.1. The molecule has 0 bridgehead atoms. The molecular weight excluding hydrogens is 404 g/mol. The Morgan fingerprint density at radius 3 is 2.33 bits per heavy atom. The lowest BCUT2D eigenvalue weighted by molar-refractivity contribution is 0.0627. The molecule has 1 aromatic heterocycles. The fraction of sp³-hybridized carbons (Fsp3) is 0.524. The van der Waals surface area contributed by atoms with E-state index in [2.05, 4.69) is 14.8 Å². The molecule has 1 fully saturated rings. The predicted molar refractivity (Wildman–Crippen MR) is 114 cm³/mol. The van der Waals surface area contributed by atoms with Crippen LogP contribution in [0.25, 0.3) is 0 Å². The largest absolute Gasteiger partial charge is 0.361 e. The van der Waals surface area contributed by atoms with Crippen LogP contribution in [0.15, 0.2) is 33.7 Å². The monoisotopic (exact) mass is 434 g/mol. The van der Waals surface area contributed by atoms with Crippen LogP contribution in [0.1, 0.15) is 47.6 Å². The third-order valence-corrected chi connectivity index (χ3v) is 7.21. The molecule has 164 valence electrons. The number of benzene rings is 1. The third-order valence-electron chi connectivity index (χ3n) is 5.60. The van der Waals surface area contributed by atoms with E-state index in [1.165, 1.54) is 12.1 Å². The summed E-state index contributed by atoms with van der Waals surface area (Å²) in [7, 11) is -3.57. The highest BCUT2D eigenvalue weighted by molar-refractivity contribution is 7.89. The Bertz CT molecular complexity index is 957. The van der Waals surface area contributed by atoms with E-state index in [1.54, 1.807) is 12.1 Å². The number of carbonyl (C=O) groups excluding carboxylic acids is 1. The van der Waals surface area contributed by atoms with E-state index in [0.717, 1.165) is 36.7 Å². The number of aromatic nitrogens is 1. The summed E-state index contributed by atoms with van der Waals surface area (Å²) in [6, 6.07) is 6.02. The summed E-state index contributed by atoms with van der Waals surface area (Å²) in [5.74, 6) is 0.759. The Balaban J connectivity index is 1.59. The highest BCUT2D eigenvalue weighted by Gasteiger charge is 2.24. The van der Waals surface area contributed by atoms with Gasteiger partial charge in [0.15, 0.2) is 0 Å². The molecular formula is C21H30N4O4S. The Morgan fingerprint density at radius 1 is 1.17 bits per heavy atom. The zero-order valence-electron chi connectivity index (χ0n) is 18.0. The molecule has 30 heavy (non-hydrogen) atoms. The maximum atomic E-state index is 12.8. The molecule has 1 aliphatic rings. The summed E-state index contributed by atoms with van der Waals surface area (Å²) >= 11 is 0. The number of aryl methyl sites for hydroxylation is 2. The van der Waals surface area contributed by atoms with Crippen LogP contribution >= 0.6 is 0 Å². The van der Waals surface area contributed by atoms with Gasteiger partial charge in [0, 0.05) is 49.9 Å². The van der Waals surface area contributed by atoms with Crippen LogP contribution in [-0.4, -0.2) is 61.5 Å². The van der Waals surface area contributed by atoms with Crippen LogP contribution in [0.5, 0.6) is 0 Å². The average Bonchev–Trinajstić information content (AvgIpc) is 3.05. The average molecular weight is 435 g/mol. The van der Waals surface area contributed by atoms with E-state index in [4.69, 9.17) is 4.52 Å². The number of rotatable bonds is 7. The van der Waals surface area contributed by atoms with E-state index in [9.17, 15) is 13.2 Å². The van der Waals surface area contributed by atoms with Crippen molar-refractivity contribution in [1.29, 1.82) is 0 Å². The van der Waals surface area contributed by atoms with Crippen molar-refractivity contribution in [2.24, 2.45) is 0 Å². The summed E-state index contributed by atoms with van der Waals surface area (Å²) < 4.78 is 32.6. The van der Waals surface area contributed by atoms with Crippen molar-refractivity contribution in [2.75, 3.05) is 26.2 Å². The summed E-state index contributed by atoms with van der Waals surface area (Å²) in [5, 5.41) is 4.00. The molecule has 0 saturated carbocycles. The molecule has 1 unspecified atom stereocenters. The highest BCUT2D eigenvalue weighted by atomic mass is 32.2. The lowest BCUT2D eigenvalue weighted by Gasteiger charge is -2.34. The van der Waals surface area contributed by atoms with Gasteiger partial charge < -0.3 is 9.42 Å². The number of amides is 1. The number of piperazine rings is 1. The van der Waals surface area contributed by atoms with Crippen molar-refractivity contribution in [3.8, 4) is 0 Å². The first-order chi connectivity index (χ1) is 14.2. The van der Waals surface area contributed by atoms with E-state index >= 15 is 0 Å². The Labute approximate surface area is 178 Å². The van der Waals surface area contributed by atoms with E-state index < -0.39 is 10.0 Å². The normalized spacial score (nSPS) is 16.6. The van der Waals surface area contributed by atoms with Gasteiger partial charge in [0.2, 0.25) is 10.0 Å². The number of hydrogen-bond acceptors (Lipinski definition) is 6. The maximum absolute atomic E-state index is 12.8. The van der Waals surface area contributed by atoms with Crippen molar-refractivity contribution >= 4 is 15.9 Å². The first kappa shape index (κ1) is 22.5. The molecule has 2 heterocycles. The van der Waals surface area contributed by atoms with Crippen LogP contribution in [0.3, 0.4) is 0 Å². The standard InChI is InChI=1S/C21H30N4O4S/c1-5-15(2)23-30(27,28)19-8-6-18(7-9-19)21(26)25-12-10-24(11-13-25)14-20-16(3)22-29-17(20)4/h6-9,15,23H,5,10-14H2,1-4H3. The molecule has 1 aromatic carbocycles. The zero-order valence-corrected chi connectivity index (χ0v) is 18.8. The topological polar surface area (TPSA) is 95.8 Å². The van der Waals surface area contributed by atoms with Gasteiger partial charge in [0.05, 0.1) is 10.6 Å². The minimum Gasteiger partial charge on any atom is -0.361 e. The molecule has 9 heteroatoms. The molecule has 1 N–H and O–H groups in total. The van der Waals surface area contributed by atoms with Crippen molar-refractivity contribution in [2.45, 2.75) is 51.6 Å². The first-order valence-electron chi connectivity index (χ1n) is 10.3. The minimum atomic E-state index is -3.57. The molecule has 1 saturated heterocycles. The summed E-state index contributed by atoms with van der Waals surface area (Å²) in [6.07, 6.45) is 0.706. The number of hydrogen-bond donors (Lipinski definition) is 1. The molecule has 1 aliphatic heterocycles. The fourth-order valence-corrected chi connectivity index (χ4v) is 4.76. The summed E-state index contributed by atoms with van der Waals surface area (Å²) in [5.41, 5.74) is 2.51. The van der Waals surface area contributed by atoms with Gasteiger partial charge in [-0.1, -0.05) is 12.1 Å². The summed E-state index contributed by atoms with van der Waals surface area (Å²) in [6.45, 7) is 11.1. The second-order valence-electron chi connectivity index (χ2n) is 7.83. The fourth-order valence-electron chi connectivity index (χ4n) is 3.44. The number of nitrogens with zero attached hydrogens (tertiary/aromatic N) is 3. The van der Waals surface area contributed by atoms with Gasteiger partial charge in [-0.3, -0.25) is 9.69 Å². The molecule has 0 spiro atoms. The lowest BCUT2D eigenvalue weighted by Crippen LogP contribution is -2.48. The van der Waals surface area contributed by atoms with Crippen LogP contribution in [0, 0.1) is 13.8 Å². The summed E-state index contributed by atoms with van der Waals surface area (Å²) in [4.78, 5) is 17.1. The van der Waals surface area contributed by atoms with Crippen molar-refractivity contribution in [3.63, 3.8) is 0 Å². The highest BCUT2D eigenvalue weighted by Crippen LogP contribution is 2.18.